The van der Waals surface area contributed by atoms with Crippen molar-refractivity contribution in [1.82, 2.24) is 10.2 Å². The molecule has 1 amide bonds. The van der Waals surface area contributed by atoms with Gasteiger partial charge >= 0.3 is 0 Å². The summed E-state index contributed by atoms with van der Waals surface area (Å²) < 4.78 is 0. The van der Waals surface area contributed by atoms with Crippen LogP contribution in [0.1, 0.15) is 51.9 Å². The maximum atomic E-state index is 12.6. The lowest BCUT2D eigenvalue weighted by molar-refractivity contribution is -0.141. The molecule has 0 bridgehead atoms. The third-order valence-corrected chi connectivity index (χ3v) is 4.58. The molecule has 0 aromatic rings. The van der Waals surface area contributed by atoms with Gasteiger partial charge in [-0.15, -0.1) is 0 Å². The van der Waals surface area contributed by atoms with Crippen molar-refractivity contribution < 1.29 is 4.79 Å². The Hall–Kier alpha value is -0.570. The monoisotopic (exact) mass is 238 g/mol. The topological polar surface area (TPSA) is 32.3 Å². The molecule has 2 aliphatic rings. The summed E-state index contributed by atoms with van der Waals surface area (Å²) in [6.07, 6.45) is 8.66. The Kier molecular flexibility index (Phi) is 4.08. The number of hydrogen-bond acceptors (Lipinski definition) is 2. The Bertz CT molecular complexity index is 263. The van der Waals surface area contributed by atoms with Crippen molar-refractivity contribution in [3.63, 3.8) is 0 Å². The van der Waals surface area contributed by atoms with Crippen molar-refractivity contribution in [2.45, 2.75) is 57.9 Å². The van der Waals surface area contributed by atoms with Gasteiger partial charge in [-0.3, -0.25) is 4.79 Å². The molecule has 1 saturated carbocycles. The van der Waals surface area contributed by atoms with Gasteiger partial charge in [-0.1, -0.05) is 25.7 Å². The van der Waals surface area contributed by atoms with Crippen molar-refractivity contribution in [2.75, 3.05) is 20.1 Å². The number of hydrogen-bond donors (Lipinski definition) is 1. The molecule has 3 nitrogen and oxygen atoms in total. The highest BCUT2D eigenvalue weighted by molar-refractivity contribution is 5.83. The molecule has 3 heteroatoms. The van der Waals surface area contributed by atoms with Crippen molar-refractivity contribution in [2.24, 2.45) is 5.41 Å². The van der Waals surface area contributed by atoms with E-state index in [1.54, 1.807) is 0 Å². The molecule has 0 spiro atoms. The van der Waals surface area contributed by atoms with Crippen molar-refractivity contribution >= 4 is 5.91 Å². The van der Waals surface area contributed by atoms with Crippen molar-refractivity contribution in [3.8, 4) is 0 Å². The number of carbonyl (C=O) groups is 1. The first-order chi connectivity index (χ1) is 8.13. The molecule has 2 fully saturated rings. The molecule has 17 heavy (non-hydrogen) atoms. The average molecular weight is 238 g/mol. The summed E-state index contributed by atoms with van der Waals surface area (Å²) in [5, 5.41) is 3.32. The lowest BCUT2D eigenvalue weighted by Crippen LogP contribution is -2.46. The third-order valence-electron chi connectivity index (χ3n) is 4.58. The van der Waals surface area contributed by atoms with Crippen LogP contribution in [0.25, 0.3) is 0 Å². The molecule has 1 N–H and O–H groups in total. The second kappa shape index (κ2) is 5.38. The smallest absolute Gasteiger partial charge is 0.229 e. The second-order valence-electron chi connectivity index (χ2n) is 6.05. The Balaban J connectivity index is 1.97. The van der Waals surface area contributed by atoms with Gasteiger partial charge in [-0.2, -0.15) is 0 Å². The van der Waals surface area contributed by atoms with Gasteiger partial charge in [0.25, 0.3) is 0 Å². The zero-order valence-corrected chi connectivity index (χ0v) is 11.3. The van der Waals surface area contributed by atoms with Gasteiger partial charge in [-0.05, 0) is 32.7 Å². The zero-order valence-electron chi connectivity index (χ0n) is 11.3. The van der Waals surface area contributed by atoms with Gasteiger partial charge in [0.1, 0.15) is 0 Å². The van der Waals surface area contributed by atoms with Gasteiger partial charge in [0.2, 0.25) is 5.91 Å². The Labute approximate surface area is 105 Å². The number of carbonyl (C=O) groups excluding carboxylic acids is 1. The lowest BCUT2D eigenvalue weighted by atomic mass is 9.87. The first-order valence-corrected chi connectivity index (χ1v) is 7.11. The fourth-order valence-electron chi connectivity index (χ4n) is 3.24. The molecular weight excluding hydrogens is 212 g/mol. The van der Waals surface area contributed by atoms with Crippen LogP contribution in [0.3, 0.4) is 0 Å². The minimum absolute atomic E-state index is 0.152. The van der Waals surface area contributed by atoms with E-state index < -0.39 is 0 Å². The fourth-order valence-corrected chi connectivity index (χ4v) is 3.24. The summed E-state index contributed by atoms with van der Waals surface area (Å²) in [5.41, 5.74) is -0.152. The van der Waals surface area contributed by atoms with Crippen LogP contribution in [0.2, 0.25) is 0 Å². The quantitative estimate of drug-likeness (QED) is 0.748. The molecule has 1 aliphatic heterocycles. The Morgan fingerprint density at radius 2 is 1.88 bits per heavy atom. The SMILES string of the molecule is CN(C(=O)C1(C)CCNC1)C1CCCCCC1. The average Bonchev–Trinajstić information content (AvgIpc) is 2.62. The van der Waals surface area contributed by atoms with E-state index in [1.165, 1.54) is 38.5 Å². The molecule has 0 radical (unpaired) electrons. The molecule has 1 saturated heterocycles. The minimum Gasteiger partial charge on any atom is -0.342 e. The molecule has 1 aliphatic carbocycles. The van der Waals surface area contributed by atoms with Crippen LogP contribution in [-0.2, 0) is 4.79 Å². The van der Waals surface area contributed by atoms with Gasteiger partial charge in [0.05, 0.1) is 5.41 Å². The van der Waals surface area contributed by atoms with Crippen molar-refractivity contribution in [3.05, 3.63) is 0 Å². The minimum atomic E-state index is -0.152. The highest BCUT2D eigenvalue weighted by Crippen LogP contribution is 2.30. The molecule has 1 atom stereocenters. The summed E-state index contributed by atoms with van der Waals surface area (Å²) >= 11 is 0. The normalized spacial score (nSPS) is 31.2. The summed E-state index contributed by atoms with van der Waals surface area (Å²) in [4.78, 5) is 14.6. The van der Waals surface area contributed by atoms with Gasteiger partial charge in [0, 0.05) is 19.6 Å². The predicted molar refractivity (Wildman–Crippen MR) is 69.9 cm³/mol. The highest BCUT2D eigenvalue weighted by atomic mass is 16.2. The molecule has 0 aromatic heterocycles. The first kappa shape index (κ1) is 12.9. The first-order valence-electron chi connectivity index (χ1n) is 7.11. The standard InChI is InChI=1S/C14H26N2O/c1-14(9-10-15-11-14)13(17)16(2)12-7-5-3-4-6-8-12/h12,15H,3-11H2,1-2H3. The Morgan fingerprint density at radius 1 is 1.24 bits per heavy atom. The van der Waals surface area contributed by atoms with Gasteiger partial charge < -0.3 is 10.2 Å². The molecular formula is C14H26N2O. The number of nitrogens with zero attached hydrogens (tertiary/aromatic N) is 1. The van der Waals surface area contributed by atoms with E-state index in [1.807, 2.05) is 7.05 Å². The maximum Gasteiger partial charge on any atom is 0.229 e. The second-order valence-corrected chi connectivity index (χ2v) is 6.05. The lowest BCUT2D eigenvalue weighted by Gasteiger charge is -2.34. The molecule has 98 valence electrons. The van der Waals surface area contributed by atoms with Crippen LogP contribution in [0, 0.1) is 5.41 Å². The van der Waals surface area contributed by atoms with Gasteiger partial charge in [0.15, 0.2) is 0 Å². The van der Waals surface area contributed by atoms with Crippen LogP contribution in [-0.4, -0.2) is 37.0 Å². The Morgan fingerprint density at radius 3 is 2.41 bits per heavy atom. The molecule has 0 aromatic carbocycles. The van der Waals surface area contributed by atoms with Crippen LogP contribution in [0.15, 0.2) is 0 Å². The highest BCUT2D eigenvalue weighted by Gasteiger charge is 2.39. The van der Waals surface area contributed by atoms with E-state index in [0.717, 1.165) is 19.5 Å². The number of amides is 1. The van der Waals surface area contributed by atoms with E-state index in [0.29, 0.717) is 11.9 Å². The van der Waals surface area contributed by atoms with E-state index in [4.69, 9.17) is 0 Å². The molecule has 1 heterocycles. The van der Waals surface area contributed by atoms with Crippen LogP contribution in [0.5, 0.6) is 0 Å². The van der Waals surface area contributed by atoms with Gasteiger partial charge in [-0.25, -0.2) is 0 Å². The van der Waals surface area contributed by atoms with E-state index in [9.17, 15) is 4.79 Å². The predicted octanol–water partition coefficient (Wildman–Crippen LogP) is 2.17. The molecule has 1 unspecified atom stereocenters. The molecule has 2 rings (SSSR count). The van der Waals surface area contributed by atoms with Crippen LogP contribution in [0.4, 0.5) is 0 Å². The summed E-state index contributed by atoms with van der Waals surface area (Å²) in [7, 11) is 2.02. The van der Waals surface area contributed by atoms with E-state index >= 15 is 0 Å². The maximum absolute atomic E-state index is 12.6. The largest absolute Gasteiger partial charge is 0.342 e. The third kappa shape index (κ3) is 2.82. The van der Waals surface area contributed by atoms with Crippen molar-refractivity contribution in [1.29, 1.82) is 0 Å². The number of rotatable bonds is 2. The fraction of sp³-hybridized carbons (Fsp3) is 0.929. The zero-order chi connectivity index (χ0) is 12.3. The van der Waals surface area contributed by atoms with Crippen LogP contribution >= 0.6 is 0 Å². The van der Waals surface area contributed by atoms with E-state index in [2.05, 4.69) is 17.1 Å². The summed E-state index contributed by atoms with van der Waals surface area (Å²) in [5.74, 6) is 0.356. The van der Waals surface area contributed by atoms with E-state index in [-0.39, 0.29) is 5.41 Å². The summed E-state index contributed by atoms with van der Waals surface area (Å²) in [6.45, 7) is 3.95. The van der Waals surface area contributed by atoms with Crippen LogP contribution < -0.4 is 5.32 Å². The summed E-state index contributed by atoms with van der Waals surface area (Å²) in [6, 6.07) is 0.488. The number of nitrogens with one attached hydrogen (secondary N) is 1.